The molecule has 0 spiro atoms. The monoisotopic (exact) mass is 343 g/mol. The molecule has 1 amide bonds. The summed E-state index contributed by atoms with van der Waals surface area (Å²) in [5, 5.41) is 8.42. The molecule has 2 N–H and O–H groups in total. The standard InChI is InChI=1S/C17H17N3O3S/c1-22-13-6-4-12(5-7-13)9-19-17-20-15(11-24-17)16(21)18-10-14-3-2-8-23-14/h2-8,11H,9-10H2,1H3,(H,18,21)(H,19,20). The number of thiazole rings is 1. The van der Waals surface area contributed by atoms with Gasteiger partial charge in [-0.25, -0.2) is 4.98 Å². The van der Waals surface area contributed by atoms with Crippen LogP contribution in [0.2, 0.25) is 0 Å². The molecule has 124 valence electrons. The number of aromatic nitrogens is 1. The number of methoxy groups -OCH3 is 1. The van der Waals surface area contributed by atoms with Crippen LogP contribution in [0.25, 0.3) is 0 Å². The fraction of sp³-hybridized carbons (Fsp3) is 0.176. The molecule has 2 aromatic heterocycles. The van der Waals surface area contributed by atoms with Gasteiger partial charge in [0.2, 0.25) is 0 Å². The summed E-state index contributed by atoms with van der Waals surface area (Å²) in [6.07, 6.45) is 1.57. The number of carbonyl (C=O) groups is 1. The number of furan rings is 1. The van der Waals surface area contributed by atoms with E-state index in [1.54, 1.807) is 24.8 Å². The average Bonchev–Trinajstić information content (AvgIpc) is 3.30. The Balaban J connectivity index is 1.51. The van der Waals surface area contributed by atoms with E-state index in [4.69, 9.17) is 9.15 Å². The summed E-state index contributed by atoms with van der Waals surface area (Å²) in [7, 11) is 1.64. The van der Waals surface area contributed by atoms with Crippen molar-refractivity contribution in [2.24, 2.45) is 0 Å². The molecule has 2 heterocycles. The number of nitrogens with one attached hydrogen (secondary N) is 2. The Morgan fingerprint density at radius 1 is 1.25 bits per heavy atom. The topological polar surface area (TPSA) is 76.4 Å². The summed E-state index contributed by atoms with van der Waals surface area (Å²) < 4.78 is 10.3. The van der Waals surface area contributed by atoms with E-state index in [1.807, 2.05) is 30.3 Å². The van der Waals surface area contributed by atoms with Crippen molar-refractivity contribution in [3.8, 4) is 5.75 Å². The van der Waals surface area contributed by atoms with Crippen molar-refractivity contribution in [3.05, 3.63) is 65.1 Å². The van der Waals surface area contributed by atoms with Crippen LogP contribution in [0.3, 0.4) is 0 Å². The summed E-state index contributed by atoms with van der Waals surface area (Å²) in [6, 6.07) is 11.4. The van der Waals surface area contributed by atoms with Gasteiger partial charge in [-0.05, 0) is 29.8 Å². The third kappa shape index (κ3) is 4.14. The maximum Gasteiger partial charge on any atom is 0.271 e. The smallest absolute Gasteiger partial charge is 0.271 e. The summed E-state index contributed by atoms with van der Waals surface area (Å²) in [5.41, 5.74) is 1.50. The van der Waals surface area contributed by atoms with E-state index in [2.05, 4.69) is 15.6 Å². The van der Waals surface area contributed by atoms with Crippen LogP contribution < -0.4 is 15.4 Å². The van der Waals surface area contributed by atoms with Crippen molar-refractivity contribution in [1.82, 2.24) is 10.3 Å². The predicted molar refractivity (Wildman–Crippen MR) is 92.3 cm³/mol. The van der Waals surface area contributed by atoms with Crippen LogP contribution in [0, 0.1) is 0 Å². The summed E-state index contributed by atoms with van der Waals surface area (Å²) in [6.45, 7) is 0.975. The van der Waals surface area contributed by atoms with Gasteiger partial charge in [0, 0.05) is 11.9 Å². The number of ether oxygens (including phenoxy) is 1. The van der Waals surface area contributed by atoms with E-state index in [0.717, 1.165) is 11.3 Å². The number of benzene rings is 1. The Labute approximate surface area is 143 Å². The lowest BCUT2D eigenvalue weighted by Gasteiger charge is -2.04. The molecule has 0 fully saturated rings. The van der Waals surface area contributed by atoms with Crippen molar-refractivity contribution in [1.29, 1.82) is 0 Å². The minimum absolute atomic E-state index is 0.222. The van der Waals surface area contributed by atoms with Crippen molar-refractivity contribution in [2.45, 2.75) is 13.1 Å². The lowest BCUT2D eigenvalue weighted by atomic mass is 10.2. The molecule has 6 nitrogen and oxygen atoms in total. The van der Waals surface area contributed by atoms with E-state index in [0.29, 0.717) is 29.7 Å². The molecule has 0 radical (unpaired) electrons. The number of rotatable bonds is 7. The Hall–Kier alpha value is -2.80. The number of nitrogens with zero attached hydrogens (tertiary/aromatic N) is 1. The fourth-order valence-corrected chi connectivity index (χ4v) is 2.74. The number of amides is 1. The van der Waals surface area contributed by atoms with E-state index in [-0.39, 0.29) is 5.91 Å². The van der Waals surface area contributed by atoms with Gasteiger partial charge < -0.3 is 19.8 Å². The maximum absolute atomic E-state index is 12.0. The fourth-order valence-electron chi connectivity index (χ4n) is 2.05. The third-order valence-electron chi connectivity index (χ3n) is 3.34. The minimum Gasteiger partial charge on any atom is -0.497 e. The van der Waals surface area contributed by atoms with Crippen LogP contribution in [0.15, 0.2) is 52.5 Å². The average molecular weight is 343 g/mol. The van der Waals surface area contributed by atoms with Gasteiger partial charge in [-0.1, -0.05) is 12.1 Å². The second kappa shape index (κ2) is 7.65. The van der Waals surface area contributed by atoms with Gasteiger partial charge in [-0.3, -0.25) is 4.79 Å². The highest BCUT2D eigenvalue weighted by atomic mass is 32.1. The van der Waals surface area contributed by atoms with E-state index < -0.39 is 0 Å². The Bertz CT molecular complexity index is 782. The first-order valence-corrected chi connectivity index (χ1v) is 8.25. The number of hydrogen-bond acceptors (Lipinski definition) is 6. The first-order chi connectivity index (χ1) is 11.7. The summed E-state index contributed by atoms with van der Waals surface area (Å²) in [4.78, 5) is 16.3. The molecule has 1 aromatic carbocycles. The van der Waals surface area contributed by atoms with Crippen LogP contribution in [0.5, 0.6) is 5.75 Å². The van der Waals surface area contributed by atoms with Crippen molar-refractivity contribution in [3.63, 3.8) is 0 Å². The first kappa shape index (κ1) is 16.1. The second-order valence-electron chi connectivity index (χ2n) is 5.00. The van der Waals surface area contributed by atoms with Crippen molar-refractivity contribution in [2.75, 3.05) is 12.4 Å². The van der Waals surface area contributed by atoms with Gasteiger partial charge in [0.1, 0.15) is 17.2 Å². The highest BCUT2D eigenvalue weighted by molar-refractivity contribution is 7.13. The van der Waals surface area contributed by atoms with Crippen molar-refractivity contribution < 1.29 is 13.9 Å². The Morgan fingerprint density at radius 3 is 2.79 bits per heavy atom. The molecule has 0 saturated heterocycles. The molecule has 0 bridgehead atoms. The largest absolute Gasteiger partial charge is 0.497 e. The van der Waals surface area contributed by atoms with Gasteiger partial charge in [-0.15, -0.1) is 11.3 Å². The molecule has 0 unspecified atom stereocenters. The van der Waals surface area contributed by atoms with Gasteiger partial charge >= 0.3 is 0 Å². The molecule has 3 rings (SSSR count). The van der Waals surface area contributed by atoms with Crippen molar-refractivity contribution >= 4 is 22.4 Å². The normalized spacial score (nSPS) is 10.4. The predicted octanol–water partition coefficient (Wildman–Crippen LogP) is 3.29. The van der Waals surface area contributed by atoms with E-state index in [1.165, 1.54) is 11.3 Å². The molecular formula is C17H17N3O3S. The summed E-state index contributed by atoms with van der Waals surface area (Å²) in [5.74, 6) is 1.31. The lowest BCUT2D eigenvalue weighted by molar-refractivity contribution is 0.0944. The quantitative estimate of drug-likeness (QED) is 0.688. The van der Waals surface area contributed by atoms with E-state index in [9.17, 15) is 4.79 Å². The van der Waals surface area contributed by atoms with Gasteiger partial charge in [0.05, 0.1) is 19.9 Å². The molecular weight excluding hydrogens is 326 g/mol. The second-order valence-corrected chi connectivity index (χ2v) is 5.86. The zero-order valence-corrected chi connectivity index (χ0v) is 13.9. The minimum atomic E-state index is -0.222. The van der Waals surface area contributed by atoms with E-state index >= 15 is 0 Å². The summed E-state index contributed by atoms with van der Waals surface area (Å²) >= 11 is 1.40. The number of hydrogen-bond donors (Lipinski definition) is 2. The van der Waals surface area contributed by atoms with Crippen LogP contribution in [-0.4, -0.2) is 18.0 Å². The molecule has 0 aliphatic heterocycles. The maximum atomic E-state index is 12.0. The molecule has 0 saturated carbocycles. The highest BCUT2D eigenvalue weighted by Gasteiger charge is 2.11. The van der Waals surface area contributed by atoms with Crippen LogP contribution >= 0.6 is 11.3 Å². The van der Waals surface area contributed by atoms with Gasteiger partial charge in [0.15, 0.2) is 5.13 Å². The van der Waals surface area contributed by atoms with Crippen LogP contribution in [0.1, 0.15) is 21.8 Å². The molecule has 0 aliphatic rings. The van der Waals surface area contributed by atoms with Crippen LogP contribution in [-0.2, 0) is 13.1 Å². The lowest BCUT2D eigenvalue weighted by Crippen LogP contribution is -2.22. The Morgan fingerprint density at radius 2 is 2.08 bits per heavy atom. The third-order valence-corrected chi connectivity index (χ3v) is 4.14. The SMILES string of the molecule is COc1ccc(CNc2nc(C(=O)NCc3ccco3)cs2)cc1. The Kier molecular flexibility index (Phi) is 5.12. The van der Waals surface area contributed by atoms with Gasteiger partial charge in [0.25, 0.3) is 5.91 Å². The number of anilines is 1. The molecule has 0 aliphatic carbocycles. The first-order valence-electron chi connectivity index (χ1n) is 7.37. The highest BCUT2D eigenvalue weighted by Crippen LogP contribution is 2.17. The molecule has 3 aromatic rings. The zero-order chi connectivity index (χ0) is 16.8. The molecule has 0 atom stereocenters. The molecule has 24 heavy (non-hydrogen) atoms. The van der Waals surface area contributed by atoms with Crippen LogP contribution in [0.4, 0.5) is 5.13 Å². The zero-order valence-electron chi connectivity index (χ0n) is 13.1. The number of carbonyl (C=O) groups excluding carboxylic acids is 1. The molecule has 7 heteroatoms. The van der Waals surface area contributed by atoms with Gasteiger partial charge in [-0.2, -0.15) is 0 Å².